The molecule has 0 radical (unpaired) electrons. The van der Waals surface area contributed by atoms with E-state index in [-0.39, 0.29) is 22.9 Å². The Kier molecular flexibility index (Phi) is 3.97. The van der Waals surface area contributed by atoms with E-state index in [0.717, 1.165) is 12.1 Å². The van der Waals surface area contributed by atoms with E-state index >= 15 is 0 Å². The first-order chi connectivity index (χ1) is 9.83. The van der Waals surface area contributed by atoms with Crippen LogP contribution in [0.3, 0.4) is 0 Å². The fraction of sp³-hybridized carbons (Fsp3) is 0.0769. The van der Waals surface area contributed by atoms with Crippen LogP contribution in [-0.4, -0.2) is 17.3 Å². The van der Waals surface area contributed by atoms with Gasteiger partial charge in [0.15, 0.2) is 0 Å². The predicted octanol–water partition coefficient (Wildman–Crippen LogP) is 2.87. The Morgan fingerprint density at radius 3 is 2.14 bits per heavy atom. The van der Waals surface area contributed by atoms with Crippen molar-refractivity contribution in [2.45, 2.75) is 6.36 Å². The van der Waals surface area contributed by atoms with Crippen molar-refractivity contribution < 1.29 is 27.4 Å². The van der Waals surface area contributed by atoms with E-state index in [9.17, 15) is 18.0 Å². The van der Waals surface area contributed by atoms with Crippen LogP contribution in [0.5, 0.6) is 17.4 Å². The zero-order valence-electron chi connectivity index (χ0n) is 10.4. The van der Waals surface area contributed by atoms with E-state index in [4.69, 9.17) is 10.5 Å². The molecule has 110 valence electrons. The highest BCUT2D eigenvalue weighted by Gasteiger charge is 2.30. The van der Waals surface area contributed by atoms with Crippen LogP contribution in [0, 0.1) is 0 Å². The lowest BCUT2D eigenvalue weighted by atomic mass is 10.3. The zero-order valence-corrected chi connectivity index (χ0v) is 10.4. The highest BCUT2D eigenvalue weighted by Crippen LogP contribution is 2.26. The third-order valence-corrected chi connectivity index (χ3v) is 2.30. The molecule has 0 aliphatic rings. The van der Waals surface area contributed by atoms with Gasteiger partial charge in [-0.05, 0) is 30.3 Å². The number of benzene rings is 1. The van der Waals surface area contributed by atoms with E-state index in [1.165, 1.54) is 30.5 Å². The Hall–Kier alpha value is -2.77. The highest BCUT2D eigenvalue weighted by molar-refractivity contribution is 5.92. The molecule has 8 heteroatoms. The molecule has 0 aliphatic carbocycles. The van der Waals surface area contributed by atoms with Crippen molar-refractivity contribution >= 4 is 5.91 Å². The number of pyridine rings is 1. The zero-order chi connectivity index (χ0) is 15.5. The van der Waals surface area contributed by atoms with Gasteiger partial charge in [0, 0.05) is 12.3 Å². The first-order valence-electron chi connectivity index (χ1n) is 5.63. The second kappa shape index (κ2) is 5.70. The summed E-state index contributed by atoms with van der Waals surface area (Å²) in [5.41, 5.74) is 5.28. The van der Waals surface area contributed by atoms with Crippen molar-refractivity contribution in [1.29, 1.82) is 0 Å². The molecule has 0 spiro atoms. The summed E-state index contributed by atoms with van der Waals surface area (Å²) in [6, 6.07) is 7.66. The third-order valence-electron chi connectivity index (χ3n) is 2.30. The summed E-state index contributed by atoms with van der Waals surface area (Å²) in [7, 11) is 0. The molecular weight excluding hydrogens is 289 g/mol. The Labute approximate surface area is 117 Å². The number of carbonyl (C=O) groups excluding carboxylic acids is 1. The van der Waals surface area contributed by atoms with E-state index in [1.54, 1.807) is 0 Å². The number of nitrogens with two attached hydrogens (primary N) is 1. The Morgan fingerprint density at radius 1 is 1.05 bits per heavy atom. The lowest BCUT2D eigenvalue weighted by Crippen LogP contribution is -2.16. The van der Waals surface area contributed by atoms with Crippen LogP contribution in [-0.2, 0) is 0 Å². The number of ether oxygens (including phenoxy) is 2. The molecule has 0 unspecified atom stereocenters. The summed E-state index contributed by atoms with van der Waals surface area (Å²) < 4.78 is 45.0. The number of primary amides is 1. The minimum atomic E-state index is -4.74. The summed E-state index contributed by atoms with van der Waals surface area (Å²) in [5, 5.41) is 0. The molecule has 2 N–H and O–H groups in total. The molecule has 1 amide bonds. The summed E-state index contributed by atoms with van der Waals surface area (Å²) in [4.78, 5) is 14.7. The van der Waals surface area contributed by atoms with Gasteiger partial charge in [0.25, 0.3) is 0 Å². The molecule has 0 aliphatic heterocycles. The number of nitrogens with zero attached hydrogens (tertiary/aromatic N) is 1. The van der Waals surface area contributed by atoms with Gasteiger partial charge in [0.2, 0.25) is 11.8 Å². The van der Waals surface area contributed by atoms with Crippen molar-refractivity contribution in [3.05, 3.63) is 48.2 Å². The third kappa shape index (κ3) is 4.37. The maximum absolute atomic E-state index is 12.0. The maximum atomic E-state index is 12.0. The molecule has 2 rings (SSSR count). The number of hydrogen-bond donors (Lipinski definition) is 1. The number of alkyl halides is 3. The molecule has 1 aromatic carbocycles. The van der Waals surface area contributed by atoms with Gasteiger partial charge < -0.3 is 15.2 Å². The molecule has 2 aromatic rings. The van der Waals surface area contributed by atoms with Crippen LogP contribution in [0.2, 0.25) is 0 Å². The first-order valence-corrected chi connectivity index (χ1v) is 5.63. The Bertz CT molecular complexity index is 625. The molecule has 1 heterocycles. The molecule has 5 nitrogen and oxygen atoms in total. The van der Waals surface area contributed by atoms with Gasteiger partial charge in [-0.3, -0.25) is 4.79 Å². The topological polar surface area (TPSA) is 74.4 Å². The monoisotopic (exact) mass is 298 g/mol. The van der Waals surface area contributed by atoms with Crippen molar-refractivity contribution in [2.75, 3.05) is 0 Å². The Balaban J connectivity index is 2.04. The summed E-state index contributed by atoms with van der Waals surface area (Å²) in [6.07, 6.45) is -3.51. The molecular formula is C13H9F3N2O3. The second-order valence-corrected chi connectivity index (χ2v) is 3.87. The lowest BCUT2D eigenvalue weighted by molar-refractivity contribution is -0.274. The van der Waals surface area contributed by atoms with Crippen LogP contribution < -0.4 is 15.2 Å². The van der Waals surface area contributed by atoms with E-state index < -0.39 is 12.3 Å². The van der Waals surface area contributed by atoms with E-state index in [1.807, 2.05) is 0 Å². The summed E-state index contributed by atoms with van der Waals surface area (Å²) >= 11 is 0. The minimum Gasteiger partial charge on any atom is -0.439 e. The number of aromatic nitrogens is 1. The lowest BCUT2D eigenvalue weighted by Gasteiger charge is -2.09. The van der Waals surface area contributed by atoms with E-state index in [0.29, 0.717) is 0 Å². The van der Waals surface area contributed by atoms with Crippen LogP contribution in [0.1, 0.15) is 10.4 Å². The van der Waals surface area contributed by atoms with Gasteiger partial charge in [-0.15, -0.1) is 13.2 Å². The SMILES string of the molecule is NC(=O)c1ccc(Oc2ccc(OC(F)(F)F)cc2)nc1. The summed E-state index contributed by atoms with van der Waals surface area (Å²) in [5.74, 6) is -0.539. The predicted molar refractivity (Wildman–Crippen MR) is 66.0 cm³/mol. The minimum absolute atomic E-state index is 0.171. The molecule has 0 bridgehead atoms. The van der Waals surface area contributed by atoms with Crippen molar-refractivity contribution in [3.8, 4) is 17.4 Å². The second-order valence-electron chi connectivity index (χ2n) is 3.87. The van der Waals surface area contributed by atoms with Crippen molar-refractivity contribution in [1.82, 2.24) is 4.98 Å². The van der Waals surface area contributed by atoms with Gasteiger partial charge in [0.05, 0.1) is 5.56 Å². The standard InChI is InChI=1S/C13H9F3N2O3/c14-13(15,16)21-10-4-2-9(3-5-10)20-11-6-1-8(7-18-11)12(17)19/h1-7H,(H2,17,19). The van der Waals surface area contributed by atoms with Crippen LogP contribution >= 0.6 is 0 Å². The average Bonchev–Trinajstić information content (AvgIpc) is 2.40. The molecule has 0 saturated heterocycles. The number of rotatable bonds is 4. The average molecular weight is 298 g/mol. The molecule has 21 heavy (non-hydrogen) atoms. The molecule has 1 aromatic heterocycles. The van der Waals surface area contributed by atoms with Crippen LogP contribution in [0.4, 0.5) is 13.2 Å². The van der Waals surface area contributed by atoms with Crippen molar-refractivity contribution in [3.63, 3.8) is 0 Å². The van der Waals surface area contributed by atoms with Gasteiger partial charge in [0.1, 0.15) is 11.5 Å². The van der Waals surface area contributed by atoms with E-state index in [2.05, 4.69) is 9.72 Å². The first kappa shape index (κ1) is 14.6. The number of carbonyl (C=O) groups is 1. The normalized spacial score (nSPS) is 11.0. The number of hydrogen-bond acceptors (Lipinski definition) is 4. The fourth-order valence-electron chi connectivity index (χ4n) is 1.42. The largest absolute Gasteiger partial charge is 0.573 e. The van der Waals surface area contributed by atoms with Gasteiger partial charge in [-0.2, -0.15) is 0 Å². The van der Waals surface area contributed by atoms with Gasteiger partial charge in [-0.1, -0.05) is 0 Å². The molecule has 0 fully saturated rings. The quantitative estimate of drug-likeness (QED) is 0.941. The molecule has 0 atom stereocenters. The van der Waals surface area contributed by atoms with Gasteiger partial charge in [-0.25, -0.2) is 4.98 Å². The highest BCUT2D eigenvalue weighted by atomic mass is 19.4. The summed E-state index contributed by atoms with van der Waals surface area (Å²) in [6.45, 7) is 0. The van der Waals surface area contributed by atoms with Crippen LogP contribution in [0.25, 0.3) is 0 Å². The number of amides is 1. The van der Waals surface area contributed by atoms with Crippen molar-refractivity contribution in [2.24, 2.45) is 5.73 Å². The maximum Gasteiger partial charge on any atom is 0.573 e. The molecule has 0 saturated carbocycles. The van der Waals surface area contributed by atoms with Gasteiger partial charge >= 0.3 is 6.36 Å². The number of halogens is 3. The van der Waals surface area contributed by atoms with Crippen LogP contribution in [0.15, 0.2) is 42.6 Å². The Morgan fingerprint density at radius 2 is 1.67 bits per heavy atom. The smallest absolute Gasteiger partial charge is 0.439 e. The fourth-order valence-corrected chi connectivity index (χ4v) is 1.42.